The van der Waals surface area contributed by atoms with Crippen molar-refractivity contribution >= 4 is 17.5 Å². The number of rotatable bonds is 3. The summed E-state index contributed by atoms with van der Waals surface area (Å²) in [7, 11) is 0. The van der Waals surface area contributed by atoms with Gasteiger partial charge in [-0.3, -0.25) is 9.59 Å². The number of amides is 2. The second kappa shape index (κ2) is 6.35. The van der Waals surface area contributed by atoms with Crippen molar-refractivity contribution in [3.63, 3.8) is 0 Å². The number of para-hydroxylation sites is 1. The van der Waals surface area contributed by atoms with Crippen molar-refractivity contribution < 1.29 is 9.59 Å². The van der Waals surface area contributed by atoms with Gasteiger partial charge in [-0.2, -0.15) is 0 Å². The molecule has 1 fully saturated rings. The van der Waals surface area contributed by atoms with E-state index in [1.165, 1.54) is 0 Å². The van der Waals surface area contributed by atoms with E-state index in [-0.39, 0.29) is 30.2 Å². The molecule has 1 N–H and O–H groups in total. The van der Waals surface area contributed by atoms with Crippen LogP contribution in [-0.4, -0.2) is 34.0 Å². The number of hydrogen-bond donors (Lipinski definition) is 1. The summed E-state index contributed by atoms with van der Waals surface area (Å²) in [4.78, 5) is 31.1. The highest BCUT2D eigenvalue weighted by Gasteiger charge is 2.36. The summed E-state index contributed by atoms with van der Waals surface area (Å²) in [6.45, 7) is 3.20. The lowest BCUT2D eigenvalue weighted by Crippen LogP contribution is -2.44. The van der Waals surface area contributed by atoms with Crippen LogP contribution in [0.3, 0.4) is 0 Å². The summed E-state index contributed by atoms with van der Waals surface area (Å²) >= 11 is 0. The molecule has 3 heterocycles. The fourth-order valence-corrected chi connectivity index (χ4v) is 3.76. The molecule has 25 heavy (non-hydrogen) atoms. The Bertz CT molecular complexity index is 799. The van der Waals surface area contributed by atoms with E-state index in [0.717, 1.165) is 36.6 Å². The second-order valence-corrected chi connectivity index (χ2v) is 6.94. The molecule has 0 saturated carbocycles. The van der Waals surface area contributed by atoms with Gasteiger partial charge in [0, 0.05) is 43.9 Å². The molecule has 6 heteroatoms. The molecule has 0 bridgehead atoms. The molecule has 2 aromatic rings. The Morgan fingerprint density at radius 3 is 2.84 bits per heavy atom. The van der Waals surface area contributed by atoms with Gasteiger partial charge in [0.2, 0.25) is 11.8 Å². The quantitative estimate of drug-likeness (QED) is 0.926. The number of aryl methyl sites for hydroxylation is 2. The third kappa shape index (κ3) is 3.16. The first kappa shape index (κ1) is 15.9. The van der Waals surface area contributed by atoms with E-state index in [4.69, 9.17) is 0 Å². The molecule has 1 saturated heterocycles. The first-order chi connectivity index (χ1) is 12.1. The fourth-order valence-electron chi connectivity index (χ4n) is 3.76. The minimum Gasteiger partial charge on any atom is -0.351 e. The van der Waals surface area contributed by atoms with Gasteiger partial charge in [-0.05, 0) is 25.5 Å². The third-order valence-corrected chi connectivity index (χ3v) is 5.02. The minimum atomic E-state index is -0.279. The van der Waals surface area contributed by atoms with E-state index < -0.39 is 0 Å². The maximum atomic E-state index is 12.6. The summed E-state index contributed by atoms with van der Waals surface area (Å²) in [6.07, 6.45) is 4.08. The van der Waals surface area contributed by atoms with Gasteiger partial charge in [-0.25, -0.2) is 4.98 Å². The highest BCUT2D eigenvalue weighted by molar-refractivity contribution is 6.00. The van der Waals surface area contributed by atoms with Crippen molar-refractivity contribution in [1.82, 2.24) is 14.9 Å². The maximum Gasteiger partial charge on any atom is 0.227 e. The molecule has 1 aromatic carbocycles. The van der Waals surface area contributed by atoms with Crippen LogP contribution in [0.15, 0.2) is 36.5 Å². The number of hydrogen-bond acceptors (Lipinski definition) is 3. The number of benzene rings is 1. The Hall–Kier alpha value is -2.63. The van der Waals surface area contributed by atoms with E-state index in [2.05, 4.69) is 14.9 Å². The number of nitrogens with one attached hydrogen (secondary N) is 1. The van der Waals surface area contributed by atoms with Crippen molar-refractivity contribution in [2.75, 3.05) is 11.4 Å². The van der Waals surface area contributed by atoms with Crippen LogP contribution in [0.1, 0.15) is 24.4 Å². The Kier molecular flexibility index (Phi) is 4.03. The van der Waals surface area contributed by atoms with Crippen LogP contribution in [-0.2, 0) is 22.6 Å². The molecule has 4 rings (SSSR count). The van der Waals surface area contributed by atoms with Gasteiger partial charge in [0.25, 0.3) is 0 Å². The summed E-state index contributed by atoms with van der Waals surface area (Å²) < 4.78 is 2.12. The Morgan fingerprint density at radius 1 is 1.24 bits per heavy atom. The molecule has 2 unspecified atom stereocenters. The van der Waals surface area contributed by atoms with E-state index >= 15 is 0 Å². The number of nitrogens with zero attached hydrogens (tertiary/aromatic N) is 3. The molecule has 6 nitrogen and oxygen atoms in total. The predicted octanol–water partition coefficient (Wildman–Crippen LogP) is 1.68. The van der Waals surface area contributed by atoms with Crippen LogP contribution in [0.5, 0.6) is 0 Å². The van der Waals surface area contributed by atoms with Crippen molar-refractivity contribution in [3.05, 3.63) is 48.0 Å². The van der Waals surface area contributed by atoms with Crippen molar-refractivity contribution in [3.8, 4) is 0 Å². The maximum absolute atomic E-state index is 12.6. The highest BCUT2D eigenvalue weighted by atomic mass is 16.2. The number of fused-ring (bicyclic) bond motifs is 1. The van der Waals surface area contributed by atoms with Crippen LogP contribution in [0, 0.1) is 12.8 Å². The SMILES string of the molecule is Cc1cn2c(n1)CCC(NC(=O)C1CC(=O)N(c3ccccc3)C1)C2. The van der Waals surface area contributed by atoms with Gasteiger partial charge in [-0.1, -0.05) is 18.2 Å². The van der Waals surface area contributed by atoms with E-state index in [0.29, 0.717) is 6.54 Å². The standard InChI is InChI=1S/C19H22N4O2/c1-13-10-22-12-15(7-8-17(22)20-13)21-19(25)14-9-18(24)23(11-14)16-5-3-2-4-6-16/h2-6,10,14-15H,7-9,11-12H2,1H3,(H,21,25). The summed E-state index contributed by atoms with van der Waals surface area (Å²) in [5.74, 6) is 0.813. The highest BCUT2D eigenvalue weighted by Crippen LogP contribution is 2.25. The van der Waals surface area contributed by atoms with Crippen LogP contribution < -0.4 is 10.2 Å². The molecule has 2 amide bonds. The topological polar surface area (TPSA) is 67.2 Å². The Balaban J connectivity index is 1.38. The molecule has 130 valence electrons. The number of anilines is 1. The van der Waals surface area contributed by atoms with E-state index in [9.17, 15) is 9.59 Å². The number of imidazole rings is 1. The van der Waals surface area contributed by atoms with Crippen molar-refractivity contribution in [2.45, 2.75) is 38.8 Å². The zero-order valence-electron chi connectivity index (χ0n) is 14.3. The lowest BCUT2D eigenvalue weighted by molar-refractivity contribution is -0.127. The van der Waals surface area contributed by atoms with Gasteiger partial charge < -0.3 is 14.8 Å². The minimum absolute atomic E-state index is 0.0162. The molecule has 0 spiro atoms. The Morgan fingerprint density at radius 2 is 2.04 bits per heavy atom. The van der Waals surface area contributed by atoms with Gasteiger partial charge in [0.1, 0.15) is 5.82 Å². The normalized spacial score (nSPS) is 22.8. The third-order valence-electron chi connectivity index (χ3n) is 5.02. The molecule has 0 radical (unpaired) electrons. The predicted molar refractivity (Wildman–Crippen MR) is 94.1 cm³/mol. The van der Waals surface area contributed by atoms with Crippen molar-refractivity contribution in [1.29, 1.82) is 0 Å². The smallest absolute Gasteiger partial charge is 0.227 e. The molecule has 0 aliphatic carbocycles. The summed E-state index contributed by atoms with van der Waals surface area (Å²) in [6, 6.07) is 9.65. The first-order valence-corrected chi connectivity index (χ1v) is 8.78. The molecule has 2 atom stereocenters. The van der Waals surface area contributed by atoms with E-state index in [1.807, 2.05) is 43.5 Å². The monoisotopic (exact) mass is 338 g/mol. The zero-order valence-corrected chi connectivity index (χ0v) is 14.3. The largest absolute Gasteiger partial charge is 0.351 e. The van der Waals surface area contributed by atoms with Gasteiger partial charge >= 0.3 is 0 Å². The van der Waals surface area contributed by atoms with Gasteiger partial charge in [0.05, 0.1) is 11.6 Å². The van der Waals surface area contributed by atoms with Crippen molar-refractivity contribution in [2.24, 2.45) is 5.92 Å². The number of aromatic nitrogens is 2. The average Bonchev–Trinajstić information content (AvgIpc) is 3.17. The lowest BCUT2D eigenvalue weighted by atomic mass is 10.0. The fraction of sp³-hybridized carbons (Fsp3) is 0.421. The molecule has 2 aliphatic heterocycles. The van der Waals surface area contributed by atoms with Crippen LogP contribution in [0.4, 0.5) is 5.69 Å². The van der Waals surface area contributed by atoms with Crippen LogP contribution >= 0.6 is 0 Å². The summed E-state index contributed by atoms with van der Waals surface area (Å²) in [5, 5.41) is 3.14. The lowest BCUT2D eigenvalue weighted by Gasteiger charge is -2.26. The van der Waals surface area contributed by atoms with Crippen LogP contribution in [0.25, 0.3) is 0 Å². The molecule has 2 aliphatic rings. The number of carbonyl (C=O) groups is 2. The van der Waals surface area contributed by atoms with Gasteiger partial charge in [0.15, 0.2) is 0 Å². The average molecular weight is 338 g/mol. The number of carbonyl (C=O) groups excluding carboxylic acids is 2. The Labute approximate surface area is 146 Å². The van der Waals surface area contributed by atoms with E-state index in [1.54, 1.807) is 4.90 Å². The first-order valence-electron chi connectivity index (χ1n) is 8.78. The molecular weight excluding hydrogens is 316 g/mol. The zero-order chi connectivity index (χ0) is 17.4. The molecular formula is C19H22N4O2. The van der Waals surface area contributed by atoms with Crippen LogP contribution in [0.2, 0.25) is 0 Å². The molecule has 1 aromatic heterocycles. The second-order valence-electron chi connectivity index (χ2n) is 6.94. The summed E-state index contributed by atoms with van der Waals surface area (Å²) in [5.41, 5.74) is 1.88. The van der Waals surface area contributed by atoms with Gasteiger partial charge in [-0.15, -0.1) is 0 Å².